The number of rotatable bonds is 8. The largest absolute Gasteiger partial charge is 0.382 e. The van der Waals surface area contributed by atoms with Crippen LogP contribution in [0.1, 0.15) is 18.4 Å². The van der Waals surface area contributed by atoms with Gasteiger partial charge in [0.05, 0.1) is 13.2 Å². The van der Waals surface area contributed by atoms with Gasteiger partial charge in [-0.1, -0.05) is 30.3 Å². The number of benzene rings is 1. The average molecular weight is 346 g/mol. The molecule has 1 heterocycles. The third kappa shape index (κ3) is 7.07. The highest BCUT2D eigenvalue weighted by Gasteiger charge is 2.22. The molecule has 25 heavy (non-hydrogen) atoms. The van der Waals surface area contributed by atoms with Crippen LogP contribution in [0.5, 0.6) is 0 Å². The minimum Gasteiger partial charge on any atom is -0.382 e. The second kappa shape index (κ2) is 10.6. The van der Waals surface area contributed by atoms with Crippen molar-refractivity contribution in [2.75, 3.05) is 40.0 Å². The number of amides is 2. The zero-order valence-electron chi connectivity index (χ0n) is 14.6. The lowest BCUT2D eigenvalue weighted by molar-refractivity contribution is -0.128. The molecule has 0 saturated carbocycles. The Morgan fingerprint density at radius 3 is 2.60 bits per heavy atom. The van der Waals surface area contributed by atoms with Crippen LogP contribution in [0.2, 0.25) is 0 Å². The Kier molecular flexibility index (Phi) is 8.15. The van der Waals surface area contributed by atoms with Crippen LogP contribution in [0.15, 0.2) is 36.4 Å². The lowest BCUT2D eigenvalue weighted by atomic mass is 10.0. The Labute approximate surface area is 148 Å². The van der Waals surface area contributed by atoms with Crippen molar-refractivity contribution in [3.05, 3.63) is 42.0 Å². The lowest BCUT2D eigenvalue weighted by Crippen LogP contribution is -2.47. The molecule has 2 amide bonds. The molecule has 6 heteroatoms. The van der Waals surface area contributed by atoms with Crippen LogP contribution in [-0.4, -0.2) is 62.8 Å². The van der Waals surface area contributed by atoms with Crippen molar-refractivity contribution in [2.24, 2.45) is 0 Å². The van der Waals surface area contributed by atoms with Crippen LogP contribution >= 0.6 is 0 Å². The number of piperidine rings is 1. The van der Waals surface area contributed by atoms with Gasteiger partial charge in [0.25, 0.3) is 0 Å². The summed E-state index contributed by atoms with van der Waals surface area (Å²) >= 11 is 0. The third-order valence-corrected chi connectivity index (χ3v) is 4.05. The molecule has 0 unspecified atom stereocenters. The van der Waals surface area contributed by atoms with Gasteiger partial charge in [-0.05, 0) is 24.5 Å². The summed E-state index contributed by atoms with van der Waals surface area (Å²) in [5, 5.41) is 2.95. The van der Waals surface area contributed by atoms with Crippen molar-refractivity contribution in [2.45, 2.75) is 18.9 Å². The second-order valence-electron chi connectivity index (χ2n) is 5.96. The Hall–Kier alpha value is -2.18. The van der Waals surface area contributed by atoms with Crippen molar-refractivity contribution >= 4 is 17.9 Å². The number of methoxy groups -OCH3 is 1. The number of hydrogen-bond donors (Lipinski definition) is 1. The van der Waals surface area contributed by atoms with Crippen LogP contribution < -0.4 is 5.32 Å². The third-order valence-electron chi connectivity index (χ3n) is 4.05. The van der Waals surface area contributed by atoms with E-state index in [-0.39, 0.29) is 24.5 Å². The van der Waals surface area contributed by atoms with E-state index in [1.54, 1.807) is 13.2 Å². The molecule has 1 fully saturated rings. The van der Waals surface area contributed by atoms with Gasteiger partial charge in [-0.2, -0.15) is 0 Å². The highest BCUT2D eigenvalue weighted by atomic mass is 16.5. The molecule has 1 saturated heterocycles. The molecule has 1 aliphatic rings. The van der Waals surface area contributed by atoms with Gasteiger partial charge < -0.3 is 19.7 Å². The Bertz CT molecular complexity index is 566. The number of carbonyl (C=O) groups is 2. The highest BCUT2D eigenvalue weighted by molar-refractivity contribution is 5.91. The molecule has 0 spiro atoms. The molecule has 0 radical (unpaired) electrons. The standard InChI is InChI=1S/C19H26N2O4/c1-24-13-14-25-15-18(22)20-17-9-11-21(12-10-17)19(23)8-7-16-5-3-2-4-6-16/h2-8,17H,9-15H2,1H3,(H,20,22)/b8-7+. The summed E-state index contributed by atoms with van der Waals surface area (Å²) in [5.74, 6) is -0.110. The highest BCUT2D eigenvalue weighted by Crippen LogP contribution is 2.11. The topological polar surface area (TPSA) is 67.9 Å². The van der Waals surface area contributed by atoms with Crippen molar-refractivity contribution in [1.29, 1.82) is 0 Å². The van der Waals surface area contributed by atoms with E-state index in [2.05, 4.69) is 5.32 Å². The lowest BCUT2D eigenvalue weighted by Gasteiger charge is -2.31. The quantitative estimate of drug-likeness (QED) is 0.572. The van der Waals surface area contributed by atoms with Crippen LogP contribution in [0.25, 0.3) is 6.08 Å². The van der Waals surface area contributed by atoms with Crippen molar-refractivity contribution < 1.29 is 19.1 Å². The van der Waals surface area contributed by atoms with Crippen LogP contribution in [0.4, 0.5) is 0 Å². The van der Waals surface area contributed by atoms with E-state index in [0.29, 0.717) is 26.3 Å². The van der Waals surface area contributed by atoms with Gasteiger partial charge in [-0.25, -0.2) is 0 Å². The van der Waals surface area contributed by atoms with Gasteiger partial charge in [0, 0.05) is 32.3 Å². The maximum absolute atomic E-state index is 12.2. The van der Waals surface area contributed by atoms with Gasteiger partial charge in [0.2, 0.25) is 11.8 Å². The van der Waals surface area contributed by atoms with Crippen LogP contribution in [0, 0.1) is 0 Å². The maximum Gasteiger partial charge on any atom is 0.246 e. The summed E-state index contributed by atoms with van der Waals surface area (Å²) in [6, 6.07) is 9.84. The molecular formula is C19H26N2O4. The molecule has 0 atom stereocenters. The van der Waals surface area contributed by atoms with Gasteiger partial charge in [-0.3, -0.25) is 9.59 Å². The predicted octanol–water partition coefficient (Wildman–Crippen LogP) is 1.47. The SMILES string of the molecule is COCCOCC(=O)NC1CCN(C(=O)/C=C/c2ccccc2)CC1. The zero-order chi connectivity index (χ0) is 17.9. The average Bonchev–Trinajstić information content (AvgIpc) is 2.65. The number of carbonyl (C=O) groups excluding carboxylic acids is 2. The van der Waals surface area contributed by atoms with Crippen molar-refractivity contribution in [3.8, 4) is 0 Å². The number of nitrogens with zero attached hydrogens (tertiary/aromatic N) is 1. The molecule has 2 rings (SSSR count). The summed E-state index contributed by atoms with van der Waals surface area (Å²) in [7, 11) is 1.59. The van der Waals surface area contributed by atoms with E-state index in [1.165, 1.54) is 0 Å². The molecule has 1 aliphatic heterocycles. The Morgan fingerprint density at radius 1 is 1.20 bits per heavy atom. The first-order chi connectivity index (χ1) is 12.2. The Morgan fingerprint density at radius 2 is 1.92 bits per heavy atom. The second-order valence-corrected chi connectivity index (χ2v) is 5.96. The molecule has 1 N–H and O–H groups in total. The van der Waals surface area contributed by atoms with E-state index in [0.717, 1.165) is 18.4 Å². The first-order valence-electron chi connectivity index (χ1n) is 8.57. The number of ether oxygens (including phenoxy) is 2. The van der Waals surface area contributed by atoms with E-state index in [9.17, 15) is 9.59 Å². The van der Waals surface area contributed by atoms with E-state index >= 15 is 0 Å². The van der Waals surface area contributed by atoms with Crippen molar-refractivity contribution in [3.63, 3.8) is 0 Å². The number of hydrogen-bond acceptors (Lipinski definition) is 4. The molecule has 0 aromatic heterocycles. The van der Waals surface area contributed by atoms with Crippen LogP contribution in [0.3, 0.4) is 0 Å². The monoisotopic (exact) mass is 346 g/mol. The minimum atomic E-state index is -0.121. The van der Waals surface area contributed by atoms with Gasteiger partial charge in [0.1, 0.15) is 6.61 Å². The maximum atomic E-state index is 12.2. The molecule has 136 valence electrons. The molecule has 0 aliphatic carbocycles. The van der Waals surface area contributed by atoms with Crippen molar-refractivity contribution in [1.82, 2.24) is 10.2 Å². The fraction of sp³-hybridized carbons (Fsp3) is 0.474. The van der Waals surface area contributed by atoms with Gasteiger partial charge >= 0.3 is 0 Å². The summed E-state index contributed by atoms with van der Waals surface area (Å²) in [5.41, 5.74) is 1.01. The summed E-state index contributed by atoms with van der Waals surface area (Å²) in [4.78, 5) is 25.8. The smallest absolute Gasteiger partial charge is 0.246 e. The molecular weight excluding hydrogens is 320 g/mol. The molecule has 1 aromatic rings. The summed E-state index contributed by atoms with van der Waals surface area (Å²) < 4.78 is 10.1. The molecule has 6 nitrogen and oxygen atoms in total. The zero-order valence-corrected chi connectivity index (χ0v) is 14.6. The normalized spacial score (nSPS) is 15.5. The summed E-state index contributed by atoms with van der Waals surface area (Å²) in [6.07, 6.45) is 4.95. The summed E-state index contributed by atoms with van der Waals surface area (Å²) in [6.45, 7) is 2.22. The van der Waals surface area contributed by atoms with Crippen LogP contribution in [-0.2, 0) is 19.1 Å². The van der Waals surface area contributed by atoms with Gasteiger partial charge in [-0.15, -0.1) is 0 Å². The van der Waals surface area contributed by atoms with E-state index in [1.807, 2.05) is 41.3 Å². The minimum absolute atomic E-state index is 0.0107. The number of nitrogens with one attached hydrogen (secondary N) is 1. The first-order valence-corrected chi connectivity index (χ1v) is 8.57. The van der Waals surface area contributed by atoms with E-state index < -0.39 is 0 Å². The van der Waals surface area contributed by atoms with E-state index in [4.69, 9.17) is 9.47 Å². The Balaban J connectivity index is 1.67. The predicted molar refractivity (Wildman–Crippen MR) is 95.9 cm³/mol. The first kappa shape index (κ1) is 19.1. The molecule has 0 bridgehead atoms. The molecule has 1 aromatic carbocycles. The van der Waals surface area contributed by atoms with Gasteiger partial charge in [0.15, 0.2) is 0 Å². The number of likely N-dealkylation sites (tertiary alicyclic amines) is 1. The fourth-order valence-electron chi connectivity index (χ4n) is 2.66. The fourth-order valence-corrected chi connectivity index (χ4v) is 2.66.